The summed E-state index contributed by atoms with van der Waals surface area (Å²) >= 11 is 1.77. The lowest BCUT2D eigenvalue weighted by molar-refractivity contribution is 0.0423. The minimum absolute atomic E-state index is 0.0207. The monoisotopic (exact) mass is 243 g/mol. The fourth-order valence-electron chi connectivity index (χ4n) is 1.64. The van der Waals surface area contributed by atoms with Crippen molar-refractivity contribution in [3.8, 4) is 0 Å². The van der Waals surface area contributed by atoms with Gasteiger partial charge in [-0.15, -0.1) is 11.3 Å². The fraction of sp³-hybridized carbons (Fsp3) is 0.667. The third kappa shape index (κ3) is 4.22. The van der Waals surface area contributed by atoms with Gasteiger partial charge < -0.3 is 15.1 Å². The van der Waals surface area contributed by atoms with E-state index in [0.717, 1.165) is 13.0 Å². The van der Waals surface area contributed by atoms with Crippen LogP contribution in [0.15, 0.2) is 17.5 Å². The zero-order valence-corrected chi connectivity index (χ0v) is 10.8. The zero-order valence-electron chi connectivity index (χ0n) is 10.0. The molecule has 0 saturated carbocycles. The molecule has 0 aromatic carbocycles. The minimum atomic E-state index is -0.399. The van der Waals surface area contributed by atoms with Crippen molar-refractivity contribution in [3.05, 3.63) is 22.4 Å². The molecule has 0 aliphatic heterocycles. The van der Waals surface area contributed by atoms with E-state index >= 15 is 0 Å². The number of rotatable bonds is 7. The molecule has 0 atom stereocenters. The summed E-state index contributed by atoms with van der Waals surface area (Å²) in [5.41, 5.74) is -0.399. The van der Waals surface area contributed by atoms with Crippen LogP contribution >= 0.6 is 11.3 Å². The summed E-state index contributed by atoms with van der Waals surface area (Å²) in [6.07, 6.45) is 1.03. The van der Waals surface area contributed by atoms with Crippen molar-refractivity contribution in [2.24, 2.45) is 5.41 Å². The number of thiophene rings is 1. The van der Waals surface area contributed by atoms with E-state index in [4.69, 9.17) is 0 Å². The van der Waals surface area contributed by atoms with Crippen LogP contribution in [0, 0.1) is 5.41 Å². The predicted octanol–water partition coefficient (Wildman–Crippen LogP) is 1.21. The van der Waals surface area contributed by atoms with Gasteiger partial charge in [0.2, 0.25) is 0 Å². The lowest BCUT2D eigenvalue weighted by atomic mass is 9.92. The van der Waals surface area contributed by atoms with Crippen molar-refractivity contribution in [1.82, 2.24) is 4.90 Å². The molecule has 3 nitrogen and oxygen atoms in total. The number of hydrogen-bond donors (Lipinski definition) is 2. The van der Waals surface area contributed by atoms with Crippen molar-refractivity contribution >= 4 is 11.3 Å². The van der Waals surface area contributed by atoms with E-state index in [-0.39, 0.29) is 13.2 Å². The van der Waals surface area contributed by atoms with Crippen LogP contribution in [0.25, 0.3) is 0 Å². The summed E-state index contributed by atoms with van der Waals surface area (Å²) < 4.78 is 0. The van der Waals surface area contributed by atoms with Crippen molar-refractivity contribution in [2.45, 2.75) is 13.3 Å². The number of likely N-dealkylation sites (N-methyl/N-ethyl adjacent to an activating group) is 1. The molecule has 16 heavy (non-hydrogen) atoms. The molecule has 0 aliphatic rings. The van der Waals surface area contributed by atoms with Crippen molar-refractivity contribution in [1.29, 1.82) is 0 Å². The standard InChI is InChI=1S/C12H21NO2S/c1-12(9-14,10-15)8-13(2)6-5-11-4-3-7-16-11/h3-4,7,14-15H,5-6,8-10H2,1-2H3. The molecule has 0 fully saturated rings. The second-order valence-corrected chi connectivity index (χ2v) is 5.73. The maximum atomic E-state index is 9.20. The smallest absolute Gasteiger partial charge is 0.0519 e. The van der Waals surface area contributed by atoms with Gasteiger partial charge in [-0.3, -0.25) is 0 Å². The molecule has 4 heteroatoms. The van der Waals surface area contributed by atoms with Gasteiger partial charge in [0.25, 0.3) is 0 Å². The van der Waals surface area contributed by atoms with Gasteiger partial charge in [-0.25, -0.2) is 0 Å². The summed E-state index contributed by atoms with van der Waals surface area (Å²) in [6, 6.07) is 4.20. The summed E-state index contributed by atoms with van der Waals surface area (Å²) in [7, 11) is 2.02. The normalized spacial score (nSPS) is 12.3. The third-order valence-electron chi connectivity index (χ3n) is 2.74. The second kappa shape index (κ2) is 6.35. The Kier molecular flexibility index (Phi) is 5.41. The lowest BCUT2D eigenvalue weighted by Gasteiger charge is -2.30. The molecule has 92 valence electrons. The average Bonchev–Trinajstić information content (AvgIpc) is 2.79. The number of hydrogen-bond acceptors (Lipinski definition) is 4. The Labute approximate surface area is 101 Å². The molecular weight excluding hydrogens is 222 g/mol. The van der Waals surface area contributed by atoms with Gasteiger partial charge in [0.1, 0.15) is 0 Å². The summed E-state index contributed by atoms with van der Waals surface area (Å²) in [4.78, 5) is 3.54. The molecule has 0 bridgehead atoms. The first kappa shape index (κ1) is 13.6. The van der Waals surface area contributed by atoms with Gasteiger partial charge in [0, 0.05) is 23.4 Å². The van der Waals surface area contributed by atoms with E-state index in [1.54, 1.807) is 11.3 Å². The van der Waals surface area contributed by atoms with E-state index in [1.807, 2.05) is 14.0 Å². The first-order chi connectivity index (χ1) is 7.59. The van der Waals surface area contributed by atoms with Gasteiger partial charge in [-0.1, -0.05) is 13.0 Å². The molecule has 0 saturated heterocycles. The Balaban J connectivity index is 2.32. The maximum absolute atomic E-state index is 9.20. The quantitative estimate of drug-likeness (QED) is 0.756. The first-order valence-electron chi connectivity index (χ1n) is 5.52. The number of nitrogens with zero attached hydrogens (tertiary/aromatic N) is 1. The largest absolute Gasteiger partial charge is 0.396 e. The summed E-state index contributed by atoms with van der Waals surface area (Å²) in [5.74, 6) is 0. The molecule has 0 aliphatic carbocycles. The molecule has 1 aromatic heterocycles. The Morgan fingerprint density at radius 2 is 2.06 bits per heavy atom. The highest BCUT2D eigenvalue weighted by Gasteiger charge is 2.24. The Hall–Kier alpha value is -0.420. The third-order valence-corrected chi connectivity index (χ3v) is 3.67. The van der Waals surface area contributed by atoms with E-state index < -0.39 is 5.41 Å². The molecule has 0 amide bonds. The molecule has 1 rings (SSSR count). The van der Waals surface area contributed by atoms with Crippen LogP contribution in [-0.2, 0) is 6.42 Å². The summed E-state index contributed by atoms with van der Waals surface area (Å²) in [6.45, 7) is 3.61. The van der Waals surface area contributed by atoms with Gasteiger partial charge >= 0.3 is 0 Å². The maximum Gasteiger partial charge on any atom is 0.0519 e. The van der Waals surface area contributed by atoms with Crippen LogP contribution in [0.1, 0.15) is 11.8 Å². The minimum Gasteiger partial charge on any atom is -0.396 e. The highest BCUT2D eigenvalue weighted by molar-refractivity contribution is 7.09. The van der Waals surface area contributed by atoms with Gasteiger partial charge in [0.05, 0.1) is 13.2 Å². The molecule has 1 aromatic rings. The SMILES string of the molecule is CN(CCc1cccs1)CC(C)(CO)CO. The highest BCUT2D eigenvalue weighted by atomic mass is 32.1. The first-order valence-corrected chi connectivity index (χ1v) is 6.40. The molecule has 0 unspecified atom stereocenters. The number of aliphatic hydroxyl groups is 2. The van der Waals surface area contributed by atoms with E-state index in [9.17, 15) is 10.2 Å². The number of aliphatic hydroxyl groups excluding tert-OH is 2. The molecule has 1 heterocycles. The fourth-order valence-corrected chi connectivity index (χ4v) is 2.33. The Bertz CT molecular complexity index is 283. The van der Waals surface area contributed by atoms with E-state index in [1.165, 1.54) is 4.88 Å². The van der Waals surface area contributed by atoms with Gasteiger partial charge in [-0.05, 0) is 24.9 Å². The van der Waals surface area contributed by atoms with Crippen LogP contribution in [0.5, 0.6) is 0 Å². The van der Waals surface area contributed by atoms with Crippen molar-refractivity contribution in [3.63, 3.8) is 0 Å². The Morgan fingerprint density at radius 3 is 2.56 bits per heavy atom. The van der Waals surface area contributed by atoms with Gasteiger partial charge in [0.15, 0.2) is 0 Å². The van der Waals surface area contributed by atoms with Crippen molar-refractivity contribution < 1.29 is 10.2 Å². The average molecular weight is 243 g/mol. The second-order valence-electron chi connectivity index (χ2n) is 4.69. The molecule has 0 spiro atoms. The lowest BCUT2D eigenvalue weighted by Crippen LogP contribution is -2.39. The highest BCUT2D eigenvalue weighted by Crippen LogP contribution is 2.16. The van der Waals surface area contributed by atoms with Gasteiger partial charge in [-0.2, -0.15) is 0 Å². The summed E-state index contributed by atoms with van der Waals surface area (Å²) in [5, 5.41) is 20.5. The van der Waals surface area contributed by atoms with Crippen LogP contribution in [0.2, 0.25) is 0 Å². The predicted molar refractivity (Wildman–Crippen MR) is 67.8 cm³/mol. The van der Waals surface area contributed by atoms with E-state index in [0.29, 0.717) is 6.54 Å². The molecule has 2 N–H and O–H groups in total. The Morgan fingerprint density at radius 1 is 1.38 bits per heavy atom. The van der Waals surface area contributed by atoms with Crippen LogP contribution in [0.3, 0.4) is 0 Å². The van der Waals surface area contributed by atoms with Crippen LogP contribution < -0.4 is 0 Å². The zero-order chi connectivity index (χ0) is 12.0. The van der Waals surface area contributed by atoms with E-state index in [2.05, 4.69) is 22.4 Å². The van der Waals surface area contributed by atoms with Crippen molar-refractivity contribution in [2.75, 3.05) is 33.4 Å². The van der Waals surface area contributed by atoms with Crippen LogP contribution in [0.4, 0.5) is 0 Å². The molecule has 0 radical (unpaired) electrons. The van der Waals surface area contributed by atoms with Crippen LogP contribution in [-0.4, -0.2) is 48.5 Å². The topological polar surface area (TPSA) is 43.7 Å². The molecular formula is C12H21NO2S.